The van der Waals surface area contributed by atoms with Crippen molar-refractivity contribution in [2.24, 2.45) is 5.92 Å². The molecule has 0 saturated carbocycles. The summed E-state index contributed by atoms with van der Waals surface area (Å²) in [5.41, 5.74) is 1.87. The molecule has 2 N–H and O–H groups in total. The average molecular weight is 196 g/mol. The summed E-state index contributed by atoms with van der Waals surface area (Å²) in [4.78, 5) is 7.68. The minimum atomic E-state index is 0.0299. The highest BCUT2D eigenvalue weighted by Gasteiger charge is 2.12. The molecule has 0 aliphatic heterocycles. The first-order valence-corrected chi connectivity index (χ1v) is 5.23. The Labute approximate surface area is 85.6 Å². The largest absolute Gasteiger partial charge is 0.390 e. The number of aliphatic hydroxyl groups is 1. The van der Waals surface area contributed by atoms with E-state index < -0.39 is 0 Å². The summed E-state index contributed by atoms with van der Waals surface area (Å²) in [7, 11) is 0. The predicted molar refractivity (Wildman–Crippen MR) is 57.1 cm³/mol. The third kappa shape index (κ3) is 2.58. The molecular formula is C11H20N2O. The van der Waals surface area contributed by atoms with Crippen molar-refractivity contribution in [1.82, 2.24) is 9.97 Å². The van der Waals surface area contributed by atoms with E-state index in [1.807, 2.05) is 0 Å². The summed E-state index contributed by atoms with van der Waals surface area (Å²) in [6, 6.07) is 0. The number of nitrogens with one attached hydrogen (secondary N) is 1. The van der Waals surface area contributed by atoms with Gasteiger partial charge in [-0.05, 0) is 11.8 Å². The zero-order valence-corrected chi connectivity index (χ0v) is 9.46. The van der Waals surface area contributed by atoms with Gasteiger partial charge in [0.05, 0.1) is 12.3 Å². The number of imidazole rings is 1. The zero-order valence-electron chi connectivity index (χ0n) is 9.46. The van der Waals surface area contributed by atoms with Gasteiger partial charge in [-0.3, -0.25) is 0 Å². The minimum absolute atomic E-state index is 0.0299. The van der Waals surface area contributed by atoms with Crippen molar-refractivity contribution in [3.8, 4) is 0 Å². The molecule has 0 aromatic carbocycles. The fourth-order valence-electron chi connectivity index (χ4n) is 1.56. The van der Waals surface area contributed by atoms with Crippen molar-refractivity contribution >= 4 is 0 Å². The van der Waals surface area contributed by atoms with E-state index in [2.05, 4.69) is 37.7 Å². The summed E-state index contributed by atoms with van der Waals surface area (Å²) in [5, 5.41) is 9.13. The van der Waals surface area contributed by atoms with E-state index >= 15 is 0 Å². The van der Waals surface area contributed by atoms with Crippen molar-refractivity contribution in [3.05, 3.63) is 17.2 Å². The number of hydrogen-bond donors (Lipinski definition) is 2. The third-order valence-electron chi connectivity index (χ3n) is 2.19. The molecule has 0 atom stereocenters. The van der Waals surface area contributed by atoms with E-state index in [4.69, 9.17) is 5.11 Å². The number of aromatic nitrogens is 2. The molecule has 3 heteroatoms. The first-order chi connectivity index (χ1) is 6.54. The second-order valence-corrected chi connectivity index (χ2v) is 4.45. The van der Waals surface area contributed by atoms with E-state index in [1.165, 1.54) is 0 Å². The van der Waals surface area contributed by atoms with Crippen LogP contribution in [0.15, 0.2) is 0 Å². The van der Waals surface area contributed by atoms with Crippen LogP contribution in [0.25, 0.3) is 0 Å². The number of aromatic amines is 1. The number of nitrogens with zero attached hydrogens (tertiary/aromatic N) is 1. The van der Waals surface area contributed by atoms with E-state index in [0.717, 1.165) is 23.6 Å². The van der Waals surface area contributed by atoms with Gasteiger partial charge < -0.3 is 10.1 Å². The maximum absolute atomic E-state index is 9.13. The van der Waals surface area contributed by atoms with Gasteiger partial charge >= 0.3 is 0 Å². The maximum Gasteiger partial charge on any atom is 0.106 e. The molecule has 1 aromatic heterocycles. The number of aliphatic hydroxyl groups excluding tert-OH is 1. The van der Waals surface area contributed by atoms with Crippen LogP contribution in [-0.4, -0.2) is 15.1 Å². The molecule has 0 fully saturated rings. The Morgan fingerprint density at radius 1 is 1.29 bits per heavy atom. The predicted octanol–water partition coefficient (Wildman–Crippen LogP) is 2.22. The molecule has 1 heterocycles. The van der Waals surface area contributed by atoms with Crippen LogP contribution in [0.3, 0.4) is 0 Å². The normalized spacial score (nSPS) is 11.6. The first-order valence-electron chi connectivity index (χ1n) is 5.23. The van der Waals surface area contributed by atoms with Gasteiger partial charge in [0.15, 0.2) is 0 Å². The lowest BCUT2D eigenvalue weighted by Gasteiger charge is -2.02. The zero-order chi connectivity index (χ0) is 10.7. The molecule has 0 aliphatic carbocycles. The molecule has 0 bridgehead atoms. The SMILES string of the molecule is CC(C)Cc1nc(CO)c(C(C)C)[nH]1. The Kier molecular flexibility index (Phi) is 3.69. The van der Waals surface area contributed by atoms with Gasteiger partial charge in [-0.1, -0.05) is 27.7 Å². The molecule has 80 valence electrons. The Morgan fingerprint density at radius 2 is 1.93 bits per heavy atom. The summed E-state index contributed by atoms with van der Waals surface area (Å²) in [6.45, 7) is 8.56. The quantitative estimate of drug-likeness (QED) is 0.775. The van der Waals surface area contributed by atoms with E-state index in [-0.39, 0.29) is 6.61 Å². The molecule has 0 aliphatic rings. The van der Waals surface area contributed by atoms with Crippen LogP contribution >= 0.6 is 0 Å². The minimum Gasteiger partial charge on any atom is -0.390 e. The molecule has 0 radical (unpaired) electrons. The van der Waals surface area contributed by atoms with Gasteiger partial charge in [0.2, 0.25) is 0 Å². The van der Waals surface area contributed by atoms with Crippen LogP contribution in [-0.2, 0) is 13.0 Å². The lowest BCUT2D eigenvalue weighted by atomic mass is 10.1. The Hall–Kier alpha value is -0.830. The lowest BCUT2D eigenvalue weighted by Crippen LogP contribution is -1.96. The second-order valence-electron chi connectivity index (χ2n) is 4.45. The van der Waals surface area contributed by atoms with E-state index in [0.29, 0.717) is 11.8 Å². The summed E-state index contributed by atoms with van der Waals surface area (Å²) in [6.07, 6.45) is 0.944. The highest BCUT2D eigenvalue weighted by molar-refractivity contribution is 5.17. The highest BCUT2D eigenvalue weighted by atomic mass is 16.3. The van der Waals surface area contributed by atoms with Gasteiger partial charge in [0.1, 0.15) is 5.82 Å². The summed E-state index contributed by atoms with van der Waals surface area (Å²) in [5.74, 6) is 1.98. The molecule has 1 aromatic rings. The average Bonchev–Trinajstić information content (AvgIpc) is 2.46. The number of rotatable bonds is 4. The molecule has 0 saturated heterocycles. The van der Waals surface area contributed by atoms with E-state index in [1.54, 1.807) is 0 Å². The summed E-state index contributed by atoms with van der Waals surface area (Å²) >= 11 is 0. The van der Waals surface area contributed by atoms with Gasteiger partial charge in [-0.25, -0.2) is 4.98 Å². The topological polar surface area (TPSA) is 48.9 Å². The van der Waals surface area contributed by atoms with Crippen LogP contribution in [0.5, 0.6) is 0 Å². The van der Waals surface area contributed by atoms with Crippen molar-refractivity contribution in [1.29, 1.82) is 0 Å². The van der Waals surface area contributed by atoms with Crippen molar-refractivity contribution in [2.75, 3.05) is 0 Å². The van der Waals surface area contributed by atoms with Gasteiger partial charge in [0.25, 0.3) is 0 Å². The fraction of sp³-hybridized carbons (Fsp3) is 0.727. The van der Waals surface area contributed by atoms with Crippen LogP contribution in [0.2, 0.25) is 0 Å². The van der Waals surface area contributed by atoms with E-state index in [9.17, 15) is 0 Å². The van der Waals surface area contributed by atoms with Crippen molar-refractivity contribution in [2.45, 2.75) is 46.6 Å². The lowest BCUT2D eigenvalue weighted by molar-refractivity contribution is 0.275. The van der Waals surface area contributed by atoms with Crippen molar-refractivity contribution in [3.63, 3.8) is 0 Å². The molecule has 1 rings (SSSR count). The van der Waals surface area contributed by atoms with Crippen LogP contribution in [0.4, 0.5) is 0 Å². The molecule has 0 unspecified atom stereocenters. The monoisotopic (exact) mass is 196 g/mol. The Bertz CT molecular complexity index is 289. The Morgan fingerprint density at radius 3 is 2.29 bits per heavy atom. The van der Waals surface area contributed by atoms with Crippen LogP contribution in [0, 0.1) is 5.92 Å². The summed E-state index contributed by atoms with van der Waals surface area (Å²) < 4.78 is 0. The molecule has 0 spiro atoms. The second kappa shape index (κ2) is 4.60. The Balaban J connectivity index is 2.89. The molecule has 0 amide bonds. The smallest absolute Gasteiger partial charge is 0.106 e. The highest BCUT2D eigenvalue weighted by Crippen LogP contribution is 2.18. The van der Waals surface area contributed by atoms with Crippen molar-refractivity contribution < 1.29 is 5.11 Å². The first kappa shape index (κ1) is 11.2. The molecular weight excluding hydrogens is 176 g/mol. The maximum atomic E-state index is 9.13. The fourth-order valence-corrected chi connectivity index (χ4v) is 1.56. The van der Waals surface area contributed by atoms with Crippen LogP contribution < -0.4 is 0 Å². The molecule has 14 heavy (non-hydrogen) atoms. The number of H-pyrrole nitrogens is 1. The van der Waals surface area contributed by atoms with Gasteiger partial charge in [-0.2, -0.15) is 0 Å². The van der Waals surface area contributed by atoms with Gasteiger partial charge in [-0.15, -0.1) is 0 Å². The standard InChI is InChI=1S/C11H20N2O/c1-7(2)5-10-12-9(6-14)11(13-10)8(3)4/h7-8,14H,5-6H2,1-4H3,(H,12,13). The third-order valence-corrected chi connectivity index (χ3v) is 2.19. The number of hydrogen-bond acceptors (Lipinski definition) is 2. The van der Waals surface area contributed by atoms with Gasteiger partial charge in [0, 0.05) is 12.1 Å². The molecule has 3 nitrogen and oxygen atoms in total. The van der Waals surface area contributed by atoms with Crippen LogP contribution in [0.1, 0.15) is 50.8 Å².